The van der Waals surface area contributed by atoms with Gasteiger partial charge in [0.05, 0.1) is 10.9 Å². The highest BCUT2D eigenvalue weighted by Gasteiger charge is 2.37. The number of hydrogen-bond donors (Lipinski definition) is 1. The second kappa shape index (κ2) is 5.92. The number of rotatable bonds is 5. The summed E-state index contributed by atoms with van der Waals surface area (Å²) < 4.78 is 25.9. The lowest BCUT2D eigenvalue weighted by atomic mass is 10.1. The Morgan fingerprint density at radius 2 is 2.00 bits per heavy atom. The van der Waals surface area contributed by atoms with Crippen LogP contribution >= 0.6 is 0 Å². The van der Waals surface area contributed by atoms with E-state index in [1.165, 1.54) is 16.3 Å². The molecular formula is C14H22N2O2S. The van der Waals surface area contributed by atoms with Crippen LogP contribution in [0.3, 0.4) is 0 Å². The van der Waals surface area contributed by atoms with Crippen LogP contribution in [0.5, 0.6) is 0 Å². The van der Waals surface area contributed by atoms with Crippen molar-refractivity contribution in [3.8, 4) is 0 Å². The van der Waals surface area contributed by atoms with Crippen molar-refractivity contribution in [2.45, 2.75) is 37.9 Å². The summed E-state index contributed by atoms with van der Waals surface area (Å²) in [6, 6.07) is 7.86. The summed E-state index contributed by atoms with van der Waals surface area (Å²) in [6.07, 6.45) is 4.00. The Labute approximate surface area is 115 Å². The molecule has 1 fully saturated rings. The largest absolute Gasteiger partial charge is 0.329 e. The van der Waals surface area contributed by atoms with E-state index in [9.17, 15) is 8.42 Å². The van der Waals surface area contributed by atoms with Gasteiger partial charge < -0.3 is 5.73 Å². The normalized spacial score (nSPS) is 21.8. The average molecular weight is 282 g/mol. The first-order chi connectivity index (χ1) is 9.09. The summed E-state index contributed by atoms with van der Waals surface area (Å²) in [5.74, 6) is 0. The maximum absolute atomic E-state index is 12.2. The molecule has 0 aromatic heterocycles. The molecule has 19 heavy (non-hydrogen) atoms. The Balaban J connectivity index is 2.15. The fourth-order valence-electron chi connectivity index (χ4n) is 2.44. The third-order valence-corrected chi connectivity index (χ3v) is 5.97. The predicted octanol–water partition coefficient (Wildman–Crippen LogP) is 1.90. The molecule has 1 heterocycles. The monoisotopic (exact) mass is 282 g/mol. The number of nitrogens with two attached hydrogens (primary N) is 1. The molecule has 0 unspecified atom stereocenters. The third-order valence-electron chi connectivity index (χ3n) is 3.69. The number of sulfonamides is 1. The van der Waals surface area contributed by atoms with E-state index in [1.54, 1.807) is 0 Å². The quantitative estimate of drug-likeness (QED) is 0.897. The van der Waals surface area contributed by atoms with Gasteiger partial charge in [0.2, 0.25) is 10.0 Å². The molecule has 0 amide bonds. The van der Waals surface area contributed by atoms with Crippen LogP contribution in [0.2, 0.25) is 0 Å². The Morgan fingerprint density at radius 1 is 1.32 bits per heavy atom. The molecule has 1 atom stereocenters. The minimum Gasteiger partial charge on any atom is -0.329 e. The number of aryl methyl sites for hydroxylation is 1. The number of nitrogens with zero attached hydrogens (tertiary/aromatic N) is 1. The maximum atomic E-state index is 12.2. The van der Waals surface area contributed by atoms with Gasteiger partial charge in [-0.05, 0) is 37.0 Å². The lowest BCUT2D eigenvalue weighted by Crippen LogP contribution is -2.33. The van der Waals surface area contributed by atoms with Crippen LogP contribution in [0, 0.1) is 0 Å². The highest BCUT2D eigenvalue weighted by Crippen LogP contribution is 2.28. The molecule has 1 aliphatic rings. The van der Waals surface area contributed by atoms with Crippen LogP contribution < -0.4 is 10.0 Å². The van der Waals surface area contributed by atoms with Crippen molar-refractivity contribution in [1.82, 2.24) is 0 Å². The summed E-state index contributed by atoms with van der Waals surface area (Å²) in [7, 11) is -3.25. The molecule has 4 nitrogen and oxygen atoms in total. The molecule has 1 aromatic carbocycles. The van der Waals surface area contributed by atoms with Gasteiger partial charge in [0.1, 0.15) is 0 Å². The molecule has 0 aliphatic carbocycles. The third kappa shape index (κ3) is 2.92. The predicted molar refractivity (Wildman–Crippen MR) is 78.8 cm³/mol. The SMILES string of the molecule is CCCCc1ccc(N2CC[C@H](CN)S2(=O)=O)cc1. The Kier molecular flexibility index (Phi) is 4.47. The molecule has 2 rings (SSSR count). The minimum absolute atomic E-state index is 0.202. The van der Waals surface area contributed by atoms with Gasteiger partial charge in [-0.1, -0.05) is 25.5 Å². The van der Waals surface area contributed by atoms with Crippen molar-refractivity contribution < 1.29 is 8.42 Å². The van der Waals surface area contributed by atoms with E-state index in [2.05, 4.69) is 6.92 Å². The summed E-state index contributed by atoms with van der Waals surface area (Å²) in [6.45, 7) is 2.91. The first-order valence-electron chi connectivity index (χ1n) is 6.90. The molecule has 1 aromatic rings. The topological polar surface area (TPSA) is 63.4 Å². The zero-order valence-electron chi connectivity index (χ0n) is 11.4. The van der Waals surface area contributed by atoms with E-state index >= 15 is 0 Å². The summed E-state index contributed by atoms with van der Waals surface area (Å²) in [5.41, 5.74) is 7.54. The molecular weight excluding hydrogens is 260 g/mol. The highest BCUT2D eigenvalue weighted by molar-refractivity contribution is 7.93. The van der Waals surface area contributed by atoms with Crippen molar-refractivity contribution in [3.05, 3.63) is 29.8 Å². The van der Waals surface area contributed by atoms with Crippen molar-refractivity contribution in [2.75, 3.05) is 17.4 Å². The standard InChI is InChI=1S/C14H22N2O2S/c1-2-3-4-12-5-7-13(8-6-12)16-10-9-14(11-15)19(16,17)18/h5-8,14H,2-4,9-11,15H2,1H3/t14-/m1/s1. The summed E-state index contributed by atoms with van der Waals surface area (Å²) >= 11 is 0. The van der Waals surface area contributed by atoms with Gasteiger partial charge in [0.15, 0.2) is 0 Å². The van der Waals surface area contributed by atoms with Crippen molar-refractivity contribution in [1.29, 1.82) is 0 Å². The van der Waals surface area contributed by atoms with Gasteiger partial charge in [0, 0.05) is 13.1 Å². The van der Waals surface area contributed by atoms with Gasteiger partial charge in [-0.2, -0.15) is 0 Å². The fraction of sp³-hybridized carbons (Fsp3) is 0.571. The average Bonchev–Trinajstić information content (AvgIpc) is 2.71. The molecule has 0 saturated carbocycles. The molecule has 2 N–H and O–H groups in total. The molecule has 0 bridgehead atoms. The zero-order valence-corrected chi connectivity index (χ0v) is 12.2. The molecule has 0 radical (unpaired) electrons. The van der Waals surface area contributed by atoms with Crippen LogP contribution in [0.1, 0.15) is 31.7 Å². The fourth-order valence-corrected chi connectivity index (χ4v) is 4.22. The number of hydrogen-bond acceptors (Lipinski definition) is 3. The van der Waals surface area contributed by atoms with E-state index in [-0.39, 0.29) is 6.54 Å². The lowest BCUT2D eigenvalue weighted by molar-refractivity contribution is 0.588. The van der Waals surface area contributed by atoms with Gasteiger partial charge in [-0.3, -0.25) is 4.31 Å². The second-order valence-corrected chi connectivity index (χ2v) is 7.17. The van der Waals surface area contributed by atoms with Crippen LogP contribution in [-0.2, 0) is 16.4 Å². The van der Waals surface area contributed by atoms with E-state index < -0.39 is 15.3 Å². The number of benzene rings is 1. The zero-order chi connectivity index (χ0) is 13.9. The molecule has 0 spiro atoms. The van der Waals surface area contributed by atoms with Crippen LogP contribution in [0.25, 0.3) is 0 Å². The number of anilines is 1. The Bertz CT molecular complexity index is 511. The van der Waals surface area contributed by atoms with Gasteiger partial charge >= 0.3 is 0 Å². The Morgan fingerprint density at radius 3 is 2.53 bits per heavy atom. The lowest BCUT2D eigenvalue weighted by Gasteiger charge is -2.18. The van der Waals surface area contributed by atoms with Crippen molar-refractivity contribution in [2.24, 2.45) is 5.73 Å². The molecule has 5 heteroatoms. The van der Waals surface area contributed by atoms with E-state index in [4.69, 9.17) is 5.73 Å². The van der Waals surface area contributed by atoms with Crippen LogP contribution in [0.15, 0.2) is 24.3 Å². The van der Waals surface area contributed by atoms with Gasteiger partial charge in [-0.15, -0.1) is 0 Å². The molecule has 1 saturated heterocycles. The summed E-state index contributed by atoms with van der Waals surface area (Å²) in [5, 5.41) is -0.424. The Hall–Kier alpha value is -1.07. The maximum Gasteiger partial charge on any atom is 0.239 e. The van der Waals surface area contributed by atoms with Crippen LogP contribution in [0.4, 0.5) is 5.69 Å². The first kappa shape index (κ1) is 14.3. The van der Waals surface area contributed by atoms with Gasteiger partial charge in [0.25, 0.3) is 0 Å². The highest BCUT2D eigenvalue weighted by atomic mass is 32.2. The van der Waals surface area contributed by atoms with E-state index in [0.717, 1.165) is 18.5 Å². The van der Waals surface area contributed by atoms with E-state index in [0.29, 0.717) is 13.0 Å². The van der Waals surface area contributed by atoms with Crippen molar-refractivity contribution >= 4 is 15.7 Å². The molecule has 106 valence electrons. The molecule has 1 aliphatic heterocycles. The van der Waals surface area contributed by atoms with Gasteiger partial charge in [-0.25, -0.2) is 8.42 Å². The summed E-state index contributed by atoms with van der Waals surface area (Å²) in [4.78, 5) is 0. The van der Waals surface area contributed by atoms with Crippen LogP contribution in [-0.4, -0.2) is 26.8 Å². The minimum atomic E-state index is -3.25. The number of unbranched alkanes of at least 4 members (excludes halogenated alkanes) is 1. The van der Waals surface area contributed by atoms with E-state index in [1.807, 2.05) is 24.3 Å². The smallest absolute Gasteiger partial charge is 0.239 e. The second-order valence-electron chi connectivity index (χ2n) is 5.03. The first-order valence-corrected chi connectivity index (χ1v) is 8.40. The van der Waals surface area contributed by atoms with Crippen molar-refractivity contribution in [3.63, 3.8) is 0 Å².